The van der Waals surface area contributed by atoms with Gasteiger partial charge in [-0.1, -0.05) is 6.58 Å². The third kappa shape index (κ3) is 1.99. The topological polar surface area (TPSA) is 70.7 Å². The Hall–Kier alpha value is -1.52. The molecule has 5 nitrogen and oxygen atoms in total. The molecule has 0 aromatic carbocycles. The number of hydrogen-bond donors (Lipinski definition) is 2. The van der Waals surface area contributed by atoms with Crippen molar-refractivity contribution in [2.75, 3.05) is 6.54 Å². The molecular weight excluding hydrogens is 168 g/mol. The molecular formula is C8H14N4O. The maximum atomic E-state index is 11.3. The molecule has 1 aliphatic heterocycles. The van der Waals surface area contributed by atoms with E-state index in [9.17, 15) is 4.79 Å². The summed E-state index contributed by atoms with van der Waals surface area (Å²) in [7, 11) is 0. The van der Waals surface area contributed by atoms with Crippen LogP contribution in [0.5, 0.6) is 0 Å². The minimum Gasteiger partial charge on any atom is -0.369 e. The molecule has 1 fully saturated rings. The Morgan fingerprint density at radius 1 is 1.85 bits per heavy atom. The molecule has 13 heavy (non-hydrogen) atoms. The summed E-state index contributed by atoms with van der Waals surface area (Å²) in [5, 5.41) is 2.77. The Morgan fingerprint density at radius 2 is 2.46 bits per heavy atom. The smallest absolute Gasteiger partial charge is 0.324 e. The maximum absolute atomic E-state index is 11.3. The lowest BCUT2D eigenvalue weighted by atomic mass is 10.1. The van der Waals surface area contributed by atoms with Crippen molar-refractivity contribution in [2.45, 2.75) is 19.4 Å². The van der Waals surface area contributed by atoms with Crippen molar-refractivity contribution in [3.63, 3.8) is 0 Å². The standard InChI is InChI=1S/C8H14N4O/c1-4-10-6(9)12-5-8(2,3)11-7(12)13/h4H,1,5H2,2-3H3,(H2,9,10)(H,11,13). The van der Waals surface area contributed by atoms with Gasteiger partial charge in [-0.25, -0.2) is 9.79 Å². The van der Waals surface area contributed by atoms with Crippen molar-refractivity contribution in [1.82, 2.24) is 10.2 Å². The van der Waals surface area contributed by atoms with Gasteiger partial charge in [-0.2, -0.15) is 0 Å². The van der Waals surface area contributed by atoms with Gasteiger partial charge in [0.15, 0.2) is 0 Å². The number of nitrogens with two attached hydrogens (primary N) is 1. The lowest BCUT2D eigenvalue weighted by Crippen LogP contribution is -2.39. The summed E-state index contributed by atoms with van der Waals surface area (Å²) in [6.45, 7) is 7.78. The second-order valence-corrected chi connectivity index (χ2v) is 3.57. The molecule has 0 aromatic rings. The highest BCUT2D eigenvalue weighted by Crippen LogP contribution is 2.13. The largest absolute Gasteiger partial charge is 0.369 e. The van der Waals surface area contributed by atoms with E-state index in [1.807, 2.05) is 13.8 Å². The number of carbonyl (C=O) groups is 1. The minimum atomic E-state index is -0.252. The summed E-state index contributed by atoms with van der Waals surface area (Å²) >= 11 is 0. The molecule has 2 amide bonds. The molecule has 0 unspecified atom stereocenters. The van der Waals surface area contributed by atoms with Gasteiger partial charge in [0, 0.05) is 6.20 Å². The van der Waals surface area contributed by atoms with Crippen molar-refractivity contribution in [2.24, 2.45) is 10.7 Å². The van der Waals surface area contributed by atoms with Gasteiger partial charge in [-0.15, -0.1) is 0 Å². The quantitative estimate of drug-likeness (QED) is 0.450. The molecule has 5 heteroatoms. The molecule has 0 radical (unpaired) electrons. The summed E-state index contributed by atoms with van der Waals surface area (Å²) < 4.78 is 0. The summed E-state index contributed by atoms with van der Waals surface area (Å²) in [6, 6.07) is -0.215. The second kappa shape index (κ2) is 3.08. The summed E-state index contributed by atoms with van der Waals surface area (Å²) in [5.41, 5.74) is 5.29. The fourth-order valence-corrected chi connectivity index (χ4v) is 1.21. The number of guanidine groups is 1. The minimum absolute atomic E-state index is 0.179. The van der Waals surface area contributed by atoms with Crippen LogP contribution in [0.25, 0.3) is 0 Å². The number of amides is 2. The van der Waals surface area contributed by atoms with Crippen LogP contribution in [0.4, 0.5) is 4.79 Å². The molecule has 0 aliphatic carbocycles. The third-order valence-corrected chi connectivity index (χ3v) is 1.74. The van der Waals surface area contributed by atoms with Gasteiger partial charge in [0.2, 0.25) is 5.96 Å². The first-order valence-corrected chi connectivity index (χ1v) is 4.00. The van der Waals surface area contributed by atoms with Gasteiger partial charge in [0.25, 0.3) is 0 Å². The number of rotatable bonds is 1. The van der Waals surface area contributed by atoms with Gasteiger partial charge in [-0.3, -0.25) is 4.90 Å². The van der Waals surface area contributed by atoms with E-state index in [1.54, 1.807) is 0 Å². The fraction of sp³-hybridized carbons (Fsp3) is 0.500. The van der Waals surface area contributed by atoms with Crippen LogP contribution >= 0.6 is 0 Å². The zero-order valence-electron chi connectivity index (χ0n) is 7.87. The van der Waals surface area contributed by atoms with Gasteiger partial charge in [-0.05, 0) is 13.8 Å². The fourth-order valence-electron chi connectivity index (χ4n) is 1.21. The van der Waals surface area contributed by atoms with Gasteiger partial charge >= 0.3 is 6.03 Å². The van der Waals surface area contributed by atoms with Crippen LogP contribution in [-0.2, 0) is 0 Å². The molecule has 1 heterocycles. The van der Waals surface area contributed by atoms with Crippen LogP contribution in [0.2, 0.25) is 0 Å². The molecule has 1 saturated heterocycles. The van der Waals surface area contributed by atoms with Crippen LogP contribution in [-0.4, -0.2) is 29.0 Å². The molecule has 0 bridgehead atoms. The molecule has 0 aromatic heterocycles. The average molecular weight is 182 g/mol. The monoisotopic (exact) mass is 182 g/mol. The summed E-state index contributed by atoms with van der Waals surface area (Å²) in [6.07, 6.45) is 1.31. The Labute approximate surface area is 77.3 Å². The van der Waals surface area contributed by atoms with E-state index < -0.39 is 0 Å². The summed E-state index contributed by atoms with van der Waals surface area (Å²) in [5.74, 6) is 0.179. The second-order valence-electron chi connectivity index (χ2n) is 3.57. The molecule has 1 rings (SSSR count). The zero-order valence-corrected chi connectivity index (χ0v) is 7.87. The van der Waals surface area contributed by atoms with Gasteiger partial charge in [0.05, 0.1) is 12.1 Å². The number of nitrogens with one attached hydrogen (secondary N) is 1. The van der Waals surface area contributed by atoms with Crippen LogP contribution in [0, 0.1) is 0 Å². The first-order valence-electron chi connectivity index (χ1n) is 4.00. The maximum Gasteiger partial charge on any atom is 0.324 e. The summed E-state index contributed by atoms with van der Waals surface area (Å²) in [4.78, 5) is 16.5. The molecule has 0 spiro atoms. The normalized spacial score (nSPS) is 21.5. The van der Waals surface area contributed by atoms with Crippen molar-refractivity contribution in [3.05, 3.63) is 12.8 Å². The Kier molecular flexibility index (Phi) is 2.27. The van der Waals surface area contributed by atoms with Crippen LogP contribution in [0.3, 0.4) is 0 Å². The number of nitrogens with zero attached hydrogens (tertiary/aromatic N) is 2. The zero-order chi connectivity index (χ0) is 10.1. The van der Waals surface area contributed by atoms with Gasteiger partial charge < -0.3 is 11.1 Å². The highest BCUT2D eigenvalue weighted by molar-refractivity contribution is 5.97. The van der Waals surface area contributed by atoms with Gasteiger partial charge in [0.1, 0.15) is 0 Å². The number of urea groups is 1. The van der Waals surface area contributed by atoms with Crippen molar-refractivity contribution in [1.29, 1.82) is 0 Å². The van der Waals surface area contributed by atoms with E-state index in [2.05, 4.69) is 16.9 Å². The lowest BCUT2D eigenvalue weighted by molar-refractivity contribution is 0.233. The first kappa shape index (κ1) is 9.57. The van der Waals surface area contributed by atoms with Crippen molar-refractivity contribution in [3.8, 4) is 0 Å². The molecule has 3 N–H and O–H groups in total. The SMILES string of the molecule is C=CN=C(N)N1CC(C)(C)NC1=O. The van der Waals surface area contributed by atoms with E-state index in [-0.39, 0.29) is 17.5 Å². The van der Waals surface area contributed by atoms with E-state index in [1.165, 1.54) is 11.1 Å². The number of aliphatic imine (C=N–C) groups is 1. The third-order valence-electron chi connectivity index (χ3n) is 1.74. The van der Waals surface area contributed by atoms with Crippen LogP contribution in [0.1, 0.15) is 13.8 Å². The van der Waals surface area contributed by atoms with E-state index in [4.69, 9.17) is 5.73 Å². The molecule has 72 valence electrons. The molecule has 0 saturated carbocycles. The van der Waals surface area contributed by atoms with E-state index in [0.29, 0.717) is 6.54 Å². The predicted octanol–water partition coefficient (Wildman–Crippen LogP) is 0.248. The molecule has 0 atom stereocenters. The number of hydrogen-bond acceptors (Lipinski definition) is 2. The highest BCUT2D eigenvalue weighted by Gasteiger charge is 2.36. The van der Waals surface area contributed by atoms with E-state index >= 15 is 0 Å². The van der Waals surface area contributed by atoms with Crippen LogP contribution in [0.15, 0.2) is 17.8 Å². The van der Waals surface area contributed by atoms with Crippen molar-refractivity contribution >= 4 is 12.0 Å². The Balaban J connectivity index is 2.79. The Bertz CT molecular complexity index is 269. The van der Waals surface area contributed by atoms with E-state index in [0.717, 1.165) is 0 Å². The first-order chi connectivity index (χ1) is 5.96. The molecule has 1 aliphatic rings. The van der Waals surface area contributed by atoms with Crippen molar-refractivity contribution < 1.29 is 4.79 Å². The predicted molar refractivity (Wildman–Crippen MR) is 51.1 cm³/mol. The average Bonchev–Trinajstić information content (AvgIpc) is 2.25. The Morgan fingerprint density at radius 3 is 2.85 bits per heavy atom. The number of carbonyl (C=O) groups excluding carboxylic acids is 1. The van der Waals surface area contributed by atoms with Crippen LogP contribution < -0.4 is 11.1 Å². The lowest BCUT2D eigenvalue weighted by Gasteiger charge is -2.16. The highest BCUT2D eigenvalue weighted by atomic mass is 16.2.